The molecule has 0 atom stereocenters. The minimum absolute atomic E-state index is 0.167. The third kappa shape index (κ3) is 33.9. The lowest BCUT2D eigenvalue weighted by atomic mass is 10.5. The SMILES string of the molecule is CC(C)O.ClCCl.c1ccncc1. The summed E-state index contributed by atoms with van der Waals surface area (Å²) >= 11 is 9.53. The van der Waals surface area contributed by atoms with E-state index in [9.17, 15) is 0 Å². The molecule has 1 heterocycles. The van der Waals surface area contributed by atoms with Gasteiger partial charge in [0.1, 0.15) is 0 Å². The number of aliphatic hydroxyl groups is 1. The molecular formula is C9H15Cl2NO. The van der Waals surface area contributed by atoms with Crippen molar-refractivity contribution in [2.24, 2.45) is 0 Å². The van der Waals surface area contributed by atoms with Crippen molar-refractivity contribution in [1.82, 2.24) is 4.98 Å². The molecule has 0 saturated heterocycles. The van der Waals surface area contributed by atoms with E-state index >= 15 is 0 Å². The molecule has 0 aliphatic rings. The zero-order chi connectivity index (χ0) is 10.5. The van der Waals surface area contributed by atoms with Gasteiger partial charge in [-0.05, 0) is 26.0 Å². The van der Waals surface area contributed by atoms with Crippen LogP contribution in [0, 0.1) is 0 Å². The number of aromatic nitrogens is 1. The van der Waals surface area contributed by atoms with E-state index in [-0.39, 0.29) is 11.4 Å². The van der Waals surface area contributed by atoms with E-state index in [1.807, 2.05) is 18.2 Å². The molecule has 1 aromatic heterocycles. The van der Waals surface area contributed by atoms with E-state index < -0.39 is 0 Å². The maximum atomic E-state index is 8.06. The number of hydrogen-bond donors (Lipinski definition) is 1. The number of aliphatic hydroxyl groups excluding tert-OH is 1. The van der Waals surface area contributed by atoms with Crippen molar-refractivity contribution in [3.05, 3.63) is 30.6 Å². The molecule has 1 N–H and O–H groups in total. The summed E-state index contributed by atoms with van der Waals surface area (Å²) in [6.07, 6.45) is 3.33. The molecule has 0 aliphatic carbocycles. The highest BCUT2D eigenvalue weighted by molar-refractivity contribution is 6.40. The zero-order valence-electron chi connectivity index (χ0n) is 7.82. The van der Waals surface area contributed by atoms with Gasteiger partial charge in [0.25, 0.3) is 0 Å². The molecule has 0 aromatic carbocycles. The highest BCUT2D eigenvalue weighted by Gasteiger charge is 1.69. The molecule has 4 heteroatoms. The smallest absolute Gasteiger partial charge is 0.0967 e. The lowest BCUT2D eigenvalue weighted by molar-refractivity contribution is 0.216. The van der Waals surface area contributed by atoms with Crippen LogP contribution in [-0.4, -0.2) is 21.5 Å². The van der Waals surface area contributed by atoms with Crippen molar-refractivity contribution in [1.29, 1.82) is 0 Å². The second-order valence-corrected chi connectivity index (χ2v) is 3.03. The zero-order valence-corrected chi connectivity index (χ0v) is 9.33. The highest BCUT2D eigenvalue weighted by atomic mass is 35.5. The number of halogens is 2. The minimum atomic E-state index is -0.167. The van der Waals surface area contributed by atoms with Crippen molar-refractivity contribution in [3.8, 4) is 0 Å². The van der Waals surface area contributed by atoms with Gasteiger partial charge in [-0.3, -0.25) is 4.98 Å². The highest BCUT2D eigenvalue weighted by Crippen LogP contribution is 1.74. The first-order valence-corrected chi connectivity index (χ1v) is 4.87. The van der Waals surface area contributed by atoms with Crippen LogP contribution in [0.15, 0.2) is 30.6 Å². The first-order valence-electron chi connectivity index (χ1n) is 3.80. The molecule has 0 radical (unpaired) electrons. The summed E-state index contributed by atoms with van der Waals surface area (Å²) in [5, 5.41) is 8.25. The number of pyridine rings is 1. The second kappa shape index (κ2) is 14.2. The molecule has 0 unspecified atom stereocenters. The lowest BCUT2D eigenvalue weighted by Gasteiger charge is -1.80. The summed E-state index contributed by atoms with van der Waals surface area (Å²) in [5.41, 5.74) is 0. The molecule has 1 aromatic rings. The Labute approximate surface area is 89.5 Å². The predicted octanol–water partition coefficient (Wildman–Crippen LogP) is 2.89. The molecule has 0 fully saturated rings. The third-order valence-corrected chi connectivity index (χ3v) is 0.566. The van der Waals surface area contributed by atoms with E-state index in [0.29, 0.717) is 0 Å². The van der Waals surface area contributed by atoms with Gasteiger partial charge in [-0.1, -0.05) is 6.07 Å². The molecule has 76 valence electrons. The van der Waals surface area contributed by atoms with Gasteiger partial charge in [0.05, 0.1) is 5.34 Å². The van der Waals surface area contributed by atoms with Crippen LogP contribution in [0.4, 0.5) is 0 Å². The Morgan fingerprint density at radius 3 is 1.54 bits per heavy atom. The van der Waals surface area contributed by atoms with Gasteiger partial charge in [-0.15, -0.1) is 23.2 Å². The van der Waals surface area contributed by atoms with Crippen LogP contribution >= 0.6 is 23.2 Å². The van der Waals surface area contributed by atoms with Crippen molar-refractivity contribution in [2.45, 2.75) is 20.0 Å². The maximum absolute atomic E-state index is 8.06. The Hall–Kier alpha value is -0.310. The van der Waals surface area contributed by atoms with E-state index in [4.69, 9.17) is 28.3 Å². The number of alkyl halides is 2. The lowest BCUT2D eigenvalue weighted by Crippen LogP contribution is -1.85. The van der Waals surface area contributed by atoms with E-state index in [0.717, 1.165) is 0 Å². The second-order valence-electron chi connectivity index (χ2n) is 2.22. The van der Waals surface area contributed by atoms with Crippen molar-refractivity contribution in [2.75, 3.05) is 5.34 Å². The molecule has 13 heavy (non-hydrogen) atoms. The van der Waals surface area contributed by atoms with Gasteiger partial charge < -0.3 is 5.11 Å². The standard InChI is InChI=1S/C5H5N.C3H8O.CH2Cl2/c1-2-4-6-5-3-1;1-3(2)4;2-1-3/h1-5H;3-4H,1-2H3;1H2. The van der Waals surface area contributed by atoms with Gasteiger partial charge in [-0.2, -0.15) is 0 Å². The van der Waals surface area contributed by atoms with Crippen LogP contribution in [0.5, 0.6) is 0 Å². The van der Waals surface area contributed by atoms with Crippen molar-refractivity contribution >= 4 is 23.2 Å². The van der Waals surface area contributed by atoms with Crippen LogP contribution in [0.3, 0.4) is 0 Å². The fourth-order valence-electron chi connectivity index (χ4n) is 0.313. The first kappa shape index (κ1) is 15.2. The van der Waals surface area contributed by atoms with Crippen molar-refractivity contribution in [3.63, 3.8) is 0 Å². The Morgan fingerprint density at radius 2 is 1.46 bits per heavy atom. The molecule has 0 saturated carbocycles. The van der Waals surface area contributed by atoms with Crippen LogP contribution in [0.25, 0.3) is 0 Å². The summed E-state index contributed by atoms with van der Waals surface area (Å²) in [4.78, 5) is 3.78. The maximum Gasteiger partial charge on any atom is 0.0967 e. The molecule has 2 nitrogen and oxygen atoms in total. The average molecular weight is 224 g/mol. The quantitative estimate of drug-likeness (QED) is 0.687. The minimum Gasteiger partial charge on any atom is -0.394 e. The summed E-state index contributed by atoms with van der Waals surface area (Å²) < 4.78 is 0. The molecule has 1 rings (SSSR count). The van der Waals surface area contributed by atoms with Gasteiger partial charge >= 0.3 is 0 Å². The van der Waals surface area contributed by atoms with Crippen LogP contribution in [-0.2, 0) is 0 Å². The topological polar surface area (TPSA) is 33.1 Å². The number of hydrogen-bond acceptors (Lipinski definition) is 2. The Balaban J connectivity index is 0. The molecule has 0 bridgehead atoms. The van der Waals surface area contributed by atoms with E-state index in [2.05, 4.69) is 4.98 Å². The largest absolute Gasteiger partial charge is 0.394 e. The predicted molar refractivity (Wildman–Crippen MR) is 58.2 cm³/mol. The average Bonchev–Trinajstić information content (AvgIpc) is 2.08. The first-order chi connectivity index (χ1) is 6.15. The van der Waals surface area contributed by atoms with E-state index in [1.165, 1.54) is 0 Å². The molecular weight excluding hydrogens is 209 g/mol. The summed E-state index contributed by atoms with van der Waals surface area (Å²) in [7, 11) is 0. The fraction of sp³-hybridized carbons (Fsp3) is 0.444. The van der Waals surface area contributed by atoms with Gasteiger partial charge in [0, 0.05) is 18.5 Å². The summed E-state index contributed by atoms with van der Waals surface area (Å²) in [6, 6.07) is 5.72. The Bertz CT molecular complexity index is 129. The molecule has 0 aliphatic heterocycles. The van der Waals surface area contributed by atoms with Crippen molar-refractivity contribution < 1.29 is 5.11 Å². The monoisotopic (exact) mass is 223 g/mol. The third-order valence-electron chi connectivity index (χ3n) is 0.566. The van der Waals surface area contributed by atoms with Gasteiger partial charge in [0.2, 0.25) is 0 Å². The van der Waals surface area contributed by atoms with Crippen LogP contribution in [0.1, 0.15) is 13.8 Å². The molecule has 0 amide bonds. The van der Waals surface area contributed by atoms with Crippen LogP contribution < -0.4 is 0 Å². The summed E-state index contributed by atoms with van der Waals surface area (Å²) in [5.74, 6) is 0. The Kier molecular flexibility index (Phi) is 16.6. The van der Waals surface area contributed by atoms with Gasteiger partial charge in [-0.25, -0.2) is 0 Å². The van der Waals surface area contributed by atoms with Crippen LogP contribution in [0.2, 0.25) is 0 Å². The normalized spacial score (nSPS) is 7.85. The summed E-state index contributed by atoms with van der Waals surface area (Å²) in [6.45, 7) is 3.44. The number of nitrogens with zero attached hydrogens (tertiary/aromatic N) is 1. The number of rotatable bonds is 0. The van der Waals surface area contributed by atoms with Gasteiger partial charge in [0.15, 0.2) is 0 Å². The van der Waals surface area contributed by atoms with E-state index in [1.54, 1.807) is 26.2 Å². The Morgan fingerprint density at radius 1 is 1.15 bits per heavy atom. The fourth-order valence-corrected chi connectivity index (χ4v) is 0.313. The molecule has 0 spiro atoms.